The fourth-order valence-corrected chi connectivity index (χ4v) is 4.07. The molecule has 3 rings (SSSR count). The molecule has 1 N–H and O–H groups in total. The van der Waals surface area contributed by atoms with E-state index in [1.165, 1.54) is 0 Å². The number of ether oxygens (including phenoxy) is 1. The predicted octanol–water partition coefficient (Wildman–Crippen LogP) is 2.07. The van der Waals surface area contributed by atoms with E-state index < -0.39 is 6.10 Å². The van der Waals surface area contributed by atoms with Crippen molar-refractivity contribution in [3.8, 4) is 0 Å². The van der Waals surface area contributed by atoms with Gasteiger partial charge < -0.3 is 9.84 Å². The van der Waals surface area contributed by atoms with Gasteiger partial charge in [0.15, 0.2) is 0 Å². The summed E-state index contributed by atoms with van der Waals surface area (Å²) in [7, 11) is 0. The largest absolute Gasteiger partial charge is 0.461 e. The van der Waals surface area contributed by atoms with E-state index in [1.54, 1.807) is 0 Å². The maximum Gasteiger partial charge on any atom is 0.309 e. The normalized spacial score (nSPS) is 47.6. The number of rotatable bonds is 0. The second kappa shape index (κ2) is 3.95. The second-order valence-electron chi connectivity index (χ2n) is 6.03. The summed E-state index contributed by atoms with van der Waals surface area (Å²) in [4.78, 5) is 11.8. The molecule has 0 aromatic carbocycles. The molecule has 18 heavy (non-hydrogen) atoms. The van der Waals surface area contributed by atoms with Crippen molar-refractivity contribution in [3.05, 3.63) is 24.3 Å². The molecule has 1 saturated heterocycles. The average molecular weight is 248 g/mol. The number of esters is 1. The molecule has 3 aliphatic rings. The van der Waals surface area contributed by atoms with Crippen molar-refractivity contribution in [3.63, 3.8) is 0 Å². The Bertz CT molecular complexity index is 425. The molecule has 3 heteroatoms. The van der Waals surface area contributed by atoms with Crippen LogP contribution in [-0.4, -0.2) is 23.3 Å². The lowest BCUT2D eigenvalue weighted by atomic mass is 9.79. The van der Waals surface area contributed by atoms with Crippen LogP contribution in [0.4, 0.5) is 0 Å². The molecule has 0 aromatic heterocycles. The Balaban J connectivity index is 2.02. The van der Waals surface area contributed by atoms with Crippen LogP contribution < -0.4 is 0 Å². The minimum absolute atomic E-state index is 0.0981. The van der Waals surface area contributed by atoms with Gasteiger partial charge in [-0.2, -0.15) is 0 Å². The van der Waals surface area contributed by atoms with Crippen LogP contribution in [0.15, 0.2) is 24.3 Å². The zero-order valence-electron chi connectivity index (χ0n) is 10.8. The van der Waals surface area contributed by atoms with Crippen LogP contribution in [-0.2, 0) is 9.53 Å². The molecule has 2 aliphatic carbocycles. The molecular weight excluding hydrogens is 228 g/mol. The van der Waals surface area contributed by atoms with Gasteiger partial charge in [0.1, 0.15) is 6.10 Å². The quantitative estimate of drug-likeness (QED) is 0.527. The Morgan fingerprint density at radius 3 is 2.78 bits per heavy atom. The smallest absolute Gasteiger partial charge is 0.309 e. The van der Waals surface area contributed by atoms with Crippen molar-refractivity contribution in [1.29, 1.82) is 0 Å². The second-order valence-corrected chi connectivity index (χ2v) is 6.03. The molecule has 1 aliphatic heterocycles. The first-order valence-corrected chi connectivity index (χ1v) is 6.74. The molecule has 0 amide bonds. The van der Waals surface area contributed by atoms with E-state index in [2.05, 4.69) is 13.2 Å². The molecule has 0 unspecified atom stereocenters. The summed E-state index contributed by atoms with van der Waals surface area (Å²) in [5, 5.41) is 10.3. The molecule has 0 bridgehead atoms. The highest BCUT2D eigenvalue weighted by atomic mass is 16.6. The third kappa shape index (κ3) is 1.50. The van der Waals surface area contributed by atoms with Crippen LogP contribution >= 0.6 is 0 Å². The van der Waals surface area contributed by atoms with E-state index in [-0.39, 0.29) is 29.8 Å². The van der Waals surface area contributed by atoms with Crippen LogP contribution in [0.2, 0.25) is 0 Å². The van der Waals surface area contributed by atoms with E-state index in [0.717, 1.165) is 24.0 Å². The first-order chi connectivity index (χ1) is 8.50. The number of carbonyl (C=O) groups excluding carboxylic acids is 1. The zero-order valence-corrected chi connectivity index (χ0v) is 10.8. The highest BCUT2D eigenvalue weighted by molar-refractivity contribution is 5.75. The number of hydrogen-bond acceptors (Lipinski definition) is 3. The predicted molar refractivity (Wildman–Crippen MR) is 67.7 cm³/mol. The van der Waals surface area contributed by atoms with E-state index in [0.29, 0.717) is 12.3 Å². The molecular formula is C15H20O3. The zero-order chi connectivity index (χ0) is 13.0. The van der Waals surface area contributed by atoms with Crippen molar-refractivity contribution in [2.45, 2.75) is 38.4 Å². The minimum Gasteiger partial charge on any atom is -0.461 e. The SMILES string of the molecule is C=C1CC[C@H]2C(=C)C[C@@H](O)[C@@H]3[C@H](OC(=O)[C@H]3C)[C@@H]12. The van der Waals surface area contributed by atoms with Crippen LogP contribution in [0.25, 0.3) is 0 Å². The van der Waals surface area contributed by atoms with Gasteiger partial charge in [0, 0.05) is 11.8 Å². The lowest BCUT2D eigenvalue weighted by Crippen LogP contribution is -2.35. The molecule has 3 fully saturated rings. The van der Waals surface area contributed by atoms with Crippen molar-refractivity contribution in [2.24, 2.45) is 23.7 Å². The molecule has 6 atom stereocenters. The van der Waals surface area contributed by atoms with Gasteiger partial charge in [-0.3, -0.25) is 4.79 Å². The Kier molecular flexibility index (Phi) is 2.63. The molecule has 0 aromatic rings. The third-order valence-electron chi connectivity index (χ3n) is 5.06. The lowest BCUT2D eigenvalue weighted by molar-refractivity contribution is -0.145. The molecule has 1 heterocycles. The van der Waals surface area contributed by atoms with Crippen LogP contribution in [0.1, 0.15) is 26.2 Å². The van der Waals surface area contributed by atoms with E-state index in [1.807, 2.05) is 6.92 Å². The summed E-state index contributed by atoms with van der Waals surface area (Å²) in [5.41, 5.74) is 2.26. The average Bonchev–Trinajstić information content (AvgIpc) is 2.77. The van der Waals surface area contributed by atoms with E-state index in [9.17, 15) is 9.90 Å². The Morgan fingerprint density at radius 1 is 1.33 bits per heavy atom. The highest BCUT2D eigenvalue weighted by Gasteiger charge is 2.54. The summed E-state index contributed by atoms with van der Waals surface area (Å²) in [6, 6.07) is 0. The van der Waals surface area contributed by atoms with Crippen molar-refractivity contribution < 1.29 is 14.6 Å². The highest BCUT2D eigenvalue weighted by Crippen LogP contribution is 2.52. The van der Waals surface area contributed by atoms with Crippen molar-refractivity contribution >= 4 is 5.97 Å². The molecule has 98 valence electrons. The number of fused-ring (bicyclic) bond motifs is 3. The van der Waals surface area contributed by atoms with Crippen LogP contribution in [0, 0.1) is 23.7 Å². The molecule has 3 nitrogen and oxygen atoms in total. The van der Waals surface area contributed by atoms with Gasteiger partial charge in [0.05, 0.1) is 12.0 Å². The topological polar surface area (TPSA) is 46.5 Å². The molecule has 0 spiro atoms. The Hall–Kier alpha value is -1.09. The maximum atomic E-state index is 11.8. The summed E-state index contributed by atoms with van der Waals surface area (Å²) < 4.78 is 5.56. The number of aliphatic hydroxyl groups excluding tert-OH is 1. The fourth-order valence-electron chi connectivity index (χ4n) is 4.07. The summed E-state index contributed by atoms with van der Waals surface area (Å²) in [6.07, 6.45) is 1.91. The Morgan fingerprint density at radius 2 is 2.06 bits per heavy atom. The van der Waals surface area contributed by atoms with Crippen LogP contribution in [0.3, 0.4) is 0 Å². The summed E-state index contributed by atoms with van der Waals surface area (Å²) >= 11 is 0. The lowest BCUT2D eigenvalue weighted by Gasteiger charge is -2.27. The van der Waals surface area contributed by atoms with E-state index >= 15 is 0 Å². The minimum atomic E-state index is -0.512. The summed E-state index contributed by atoms with van der Waals surface area (Å²) in [5.74, 6) is 0.0212. The fraction of sp³-hybridized carbons (Fsp3) is 0.667. The van der Waals surface area contributed by atoms with Gasteiger partial charge in [-0.05, 0) is 25.2 Å². The standard InChI is InChI=1S/C15H20O3/c1-7-4-5-10-8(2)6-11(16)13-9(3)15(17)18-14(13)12(7)10/h9-14,16H,1-2,4-6H2,3H3/t9-,10-,11+,12-,13+,14+/m0/s1. The van der Waals surface area contributed by atoms with Crippen LogP contribution in [0.5, 0.6) is 0 Å². The van der Waals surface area contributed by atoms with Crippen molar-refractivity contribution in [2.75, 3.05) is 0 Å². The van der Waals surface area contributed by atoms with E-state index in [4.69, 9.17) is 4.74 Å². The Labute approximate surface area is 108 Å². The first kappa shape index (κ1) is 12.0. The molecule has 0 radical (unpaired) electrons. The number of hydrogen-bond donors (Lipinski definition) is 1. The summed E-state index contributed by atoms with van der Waals surface area (Å²) in [6.45, 7) is 10.1. The maximum absolute atomic E-state index is 11.8. The van der Waals surface area contributed by atoms with Gasteiger partial charge in [0.25, 0.3) is 0 Å². The third-order valence-corrected chi connectivity index (χ3v) is 5.06. The van der Waals surface area contributed by atoms with Gasteiger partial charge in [0.2, 0.25) is 0 Å². The first-order valence-electron chi connectivity index (χ1n) is 6.74. The number of aliphatic hydroxyl groups is 1. The monoisotopic (exact) mass is 248 g/mol. The van der Waals surface area contributed by atoms with Gasteiger partial charge in [-0.1, -0.05) is 31.2 Å². The van der Waals surface area contributed by atoms with Gasteiger partial charge in [-0.25, -0.2) is 0 Å². The number of carbonyl (C=O) groups is 1. The van der Waals surface area contributed by atoms with Gasteiger partial charge in [-0.15, -0.1) is 0 Å². The van der Waals surface area contributed by atoms with Crippen molar-refractivity contribution in [1.82, 2.24) is 0 Å². The molecule has 2 saturated carbocycles. The van der Waals surface area contributed by atoms with Gasteiger partial charge >= 0.3 is 5.97 Å².